The lowest BCUT2D eigenvalue weighted by Gasteiger charge is -2.49. The van der Waals surface area contributed by atoms with E-state index in [1.165, 1.54) is 51.4 Å². The van der Waals surface area contributed by atoms with Gasteiger partial charge in [0.2, 0.25) is 0 Å². The minimum Gasteiger partial charge on any atom is -0.0916 e. The van der Waals surface area contributed by atoms with Crippen LogP contribution in [0.25, 0.3) is 0 Å². The summed E-state index contributed by atoms with van der Waals surface area (Å²) >= 11 is 0. The van der Waals surface area contributed by atoms with Crippen LogP contribution in [0.5, 0.6) is 0 Å². The largest absolute Gasteiger partial charge is 0.0916 e. The van der Waals surface area contributed by atoms with E-state index in [1.54, 1.807) is 0 Å². The van der Waals surface area contributed by atoms with Gasteiger partial charge in [-0.25, -0.2) is 0 Å². The zero-order valence-corrected chi connectivity index (χ0v) is 14.1. The predicted octanol–water partition coefficient (Wildman–Crippen LogP) is 5.65. The van der Waals surface area contributed by atoms with Gasteiger partial charge in [-0.1, -0.05) is 90.7 Å². The summed E-state index contributed by atoms with van der Waals surface area (Å²) in [5.41, 5.74) is 0.0735. The third-order valence-electron chi connectivity index (χ3n) is 4.91. The summed E-state index contributed by atoms with van der Waals surface area (Å²) in [4.78, 5) is 0. The van der Waals surface area contributed by atoms with E-state index in [1.807, 2.05) is 0 Å². The van der Waals surface area contributed by atoms with Crippen LogP contribution in [-0.4, -0.2) is 15.7 Å². The van der Waals surface area contributed by atoms with Crippen molar-refractivity contribution in [2.45, 2.75) is 97.6 Å². The molecule has 0 aromatic heterocycles. The third kappa shape index (κ3) is 5.96. The highest BCUT2D eigenvalue weighted by molar-refractivity contribution is 6.40. The van der Waals surface area contributed by atoms with Gasteiger partial charge in [0.1, 0.15) is 0 Å². The van der Waals surface area contributed by atoms with Crippen molar-refractivity contribution in [3.8, 4) is 0 Å². The second kappa shape index (κ2) is 9.14. The zero-order chi connectivity index (χ0) is 14.9. The fourth-order valence-electron chi connectivity index (χ4n) is 2.96. The fraction of sp³-hybridized carbons (Fsp3) is 1.00. The van der Waals surface area contributed by atoms with E-state index in [9.17, 15) is 0 Å². The van der Waals surface area contributed by atoms with Crippen LogP contribution >= 0.6 is 0 Å². The molecule has 0 N–H and O–H groups in total. The first-order valence-corrected chi connectivity index (χ1v) is 8.39. The average Bonchev–Trinajstić information content (AvgIpc) is 2.34. The lowest BCUT2D eigenvalue weighted by Crippen LogP contribution is -2.39. The van der Waals surface area contributed by atoms with E-state index in [4.69, 9.17) is 15.7 Å². The molecule has 0 aliphatic heterocycles. The number of hydrogen-bond donors (Lipinski definition) is 0. The highest BCUT2D eigenvalue weighted by atomic mass is 14.4. The van der Waals surface area contributed by atoms with Crippen molar-refractivity contribution in [3.05, 3.63) is 0 Å². The summed E-state index contributed by atoms with van der Waals surface area (Å²) in [6.45, 7) is 11.1. The van der Waals surface area contributed by atoms with Crippen molar-refractivity contribution >= 4 is 15.7 Å². The Labute approximate surface area is 125 Å². The molecule has 0 nitrogen and oxygen atoms in total. The van der Waals surface area contributed by atoms with Gasteiger partial charge in [-0.3, -0.25) is 0 Å². The summed E-state index contributed by atoms with van der Waals surface area (Å²) < 4.78 is 0. The third-order valence-corrected chi connectivity index (χ3v) is 4.91. The molecule has 108 valence electrons. The Morgan fingerprint density at radius 3 is 1.63 bits per heavy atom. The highest BCUT2D eigenvalue weighted by Gasteiger charge is 2.40. The molecule has 0 aromatic rings. The monoisotopic (exact) mass is 260 g/mol. The highest BCUT2D eigenvalue weighted by Crippen LogP contribution is 2.52. The maximum absolute atomic E-state index is 6.51. The molecule has 0 saturated carbocycles. The standard InChI is InChI=1S/C17H34B2/c1-6-8-10-12-14-16(5,13-11-9-7-2)17(18,19)15(3)4/h15H,6-14H2,1-5H3. The summed E-state index contributed by atoms with van der Waals surface area (Å²) in [6, 6.07) is 0. The fourth-order valence-corrected chi connectivity index (χ4v) is 2.96. The molecule has 2 heteroatoms. The van der Waals surface area contributed by atoms with E-state index in [0.717, 1.165) is 6.42 Å². The second-order valence-corrected chi connectivity index (χ2v) is 6.92. The van der Waals surface area contributed by atoms with E-state index < -0.39 is 5.21 Å². The molecule has 0 bridgehead atoms. The Morgan fingerprint density at radius 2 is 1.21 bits per heavy atom. The molecule has 0 heterocycles. The lowest BCUT2D eigenvalue weighted by atomic mass is 9.37. The van der Waals surface area contributed by atoms with Crippen molar-refractivity contribution in [3.63, 3.8) is 0 Å². The maximum Gasteiger partial charge on any atom is 0.0631 e. The minimum atomic E-state index is -0.549. The molecule has 0 aromatic carbocycles. The van der Waals surface area contributed by atoms with Crippen LogP contribution in [0.15, 0.2) is 0 Å². The van der Waals surface area contributed by atoms with Crippen molar-refractivity contribution in [1.82, 2.24) is 0 Å². The first-order chi connectivity index (χ1) is 8.81. The molecule has 1 atom stereocenters. The summed E-state index contributed by atoms with van der Waals surface area (Å²) in [5.74, 6) is 0.324. The van der Waals surface area contributed by atoms with Crippen molar-refractivity contribution < 1.29 is 0 Å². The van der Waals surface area contributed by atoms with Gasteiger partial charge in [-0.05, 0) is 18.3 Å². The van der Waals surface area contributed by atoms with Gasteiger partial charge in [0, 0.05) is 0 Å². The van der Waals surface area contributed by atoms with Crippen LogP contribution in [-0.2, 0) is 0 Å². The van der Waals surface area contributed by atoms with Crippen LogP contribution in [0.3, 0.4) is 0 Å². The van der Waals surface area contributed by atoms with Gasteiger partial charge in [0.25, 0.3) is 0 Å². The van der Waals surface area contributed by atoms with Crippen molar-refractivity contribution in [1.29, 1.82) is 0 Å². The topological polar surface area (TPSA) is 0 Å². The van der Waals surface area contributed by atoms with E-state index in [2.05, 4.69) is 34.6 Å². The minimum absolute atomic E-state index is 0.0735. The van der Waals surface area contributed by atoms with E-state index in [0.29, 0.717) is 5.92 Å². The Balaban J connectivity index is 4.61. The van der Waals surface area contributed by atoms with E-state index in [-0.39, 0.29) is 5.41 Å². The molecule has 0 fully saturated rings. The Kier molecular flexibility index (Phi) is 9.20. The van der Waals surface area contributed by atoms with Gasteiger partial charge >= 0.3 is 0 Å². The van der Waals surface area contributed by atoms with Crippen molar-refractivity contribution in [2.75, 3.05) is 0 Å². The quantitative estimate of drug-likeness (QED) is 0.332. The molecular weight excluding hydrogens is 226 g/mol. The molecular formula is C17H34B2. The van der Waals surface area contributed by atoms with Gasteiger partial charge in [0.05, 0.1) is 15.7 Å². The molecule has 0 aliphatic rings. The van der Waals surface area contributed by atoms with Crippen LogP contribution in [0.1, 0.15) is 92.4 Å². The van der Waals surface area contributed by atoms with Crippen molar-refractivity contribution in [2.24, 2.45) is 11.3 Å². The van der Waals surface area contributed by atoms with Gasteiger partial charge < -0.3 is 0 Å². The average molecular weight is 260 g/mol. The zero-order valence-electron chi connectivity index (χ0n) is 14.1. The van der Waals surface area contributed by atoms with E-state index >= 15 is 0 Å². The second-order valence-electron chi connectivity index (χ2n) is 6.92. The molecule has 1 unspecified atom stereocenters. The Morgan fingerprint density at radius 1 is 0.789 bits per heavy atom. The first-order valence-electron chi connectivity index (χ1n) is 8.39. The summed E-state index contributed by atoms with van der Waals surface area (Å²) in [6.07, 6.45) is 11.3. The molecule has 0 saturated heterocycles. The molecule has 0 spiro atoms. The molecule has 19 heavy (non-hydrogen) atoms. The molecule has 0 aliphatic carbocycles. The number of hydrogen-bond acceptors (Lipinski definition) is 0. The van der Waals surface area contributed by atoms with Gasteiger partial charge in [-0.15, -0.1) is 0 Å². The van der Waals surface area contributed by atoms with Crippen LogP contribution in [0.4, 0.5) is 0 Å². The van der Waals surface area contributed by atoms with Crippen LogP contribution < -0.4 is 0 Å². The number of unbranched alkanes of at least 4 members (excludes halogenated alkanes) is 5. The van der Waals surface area contributed by atoms with Crippen LogP contribution in [0, 0.1) is 11.3 Å². The predicted molar refractivity (Wildman–Crippen MR) is 90.0 cm³/mol. The van der Waals surface area contributed by atoms with Crippen LogP contribution in [0.2, 0.25) is 5.21 Å². The smallest absolute Gasteiger partial charge is 0.0631 e. The Bertz CT molecular complexity index is 223. The molecule has 0 amide bonds. The molecule has 4 radical (unpaired) electrons. The normalized spacial score (nSPS) is 15.7. The maximum atomic E-state index is 6.51. The van der Waals surface area contributed by atoms with Gasteiger partial charge in [-0.2, -0.15) is 0 Å². The first kappa shape index (κ1) is 19.1. The SMILES string of the molecule is [B]C([B])(C(C)C)C(C)(CCCCC)CCCCCC. The lowest BCUT2D eigenvalue weighted by molar-refractivity contribution is 0.177. The summed E-state index contributed by atoms with van der Waals surface area (Å²) in [5, 5.41) is -0.549. The van der Waals surface area contributed by atoms with Gasteiger partial charge in [0.15, 0.2) is 0 Å². The number of rotatable bonds is 11. The summed E-state index contributed by atoms with van der Waals surface area (Å²) in [7, 11) is 13.0. The Hall–Kier alpha value is 0.130. The molecule has 0 rings (SSSR count).